The van der Waals surface area contributed by atoms with Gasteiger partial charge in [0.25, 0.3) is 10.0 Å². The van der Waals surface area contributed by atoms with Crippen LogP contribution < -0.4 is 4.72 Å². The lowest BCUT2D eigenvalue weighted by atomic mass is 10.1. The first-order valence-corrected chi connectivity index (χ1v) is 9.04. The Morgan fingerprint density at radius 1 is 1.00 bits per heavy atom. The molecule has 1 N–H and O–H groups in total. The molecule has 1 heterocycles. The molecule has 5 nitrogen and oxygen atoms in total. The van der Waals surface area contributed by atoms with Crippen LogP contribution in [-0.4, -0.2) is 13.6 Å². The van der Waals surface area contributed by atoms with Crippen molar-refractivity contribution in [3.05, 3.63) is 64.7 Å². The summed E-state index contributed by atoms with van der Waals surface area (Å²) in [6.45, 7) is 3.79. The highest BCUT2D eigenvalue weighted by molar-refractivity contribution is 7.92. The fourth-order valence-electron chi connectivity index (χ4n) is 2.15. The molecule has 0 atom stereocenters. The van der Waals surface area contributed by atoms with Crippen LogP contribution in [0, 0.1) is 13.8 Å². The van der Waals surface area contributed by atoms with Gasteiger partial charge in [0.1, 0.15) is 5.69 Å². The van der Waals surface area contributed by atoms with Gasteiger partial charge >= 0.3 is 0 Å². The number of aryl methyl sites for hydroxylation is 2. The Labute approximate surface area is 145 Å². The van der Waals surface area contributed by atoms with Gasteiger partial charge in [-0.25, -0.2) is 13.1 Å². The first-order valence-electron chi connectivity index (χ1n) is 7.18. The molecule has 0 amide bonds. The summed E-state index contributed by atoms with van der Waals surface area (Å²) < 4.78 is 32.4. The van der Waals surface area contributed by atoms with Gasteiger partial charge in [-0.2, -0.15) is 0 Å². The number of anilines is 1. The number of benzene rings is 2. The van der Waals surface area contributed by atoms with Crippen LogP contribution in [0.4, 0.5) is 5.88 Å². The number of halogens is 1. The van der Waals surface area contributed by atoms with Crippen molar-refractivity contribution in [1.29, 1.82) is 0 Å². The molecule has 0 aliphatic heterocycles. The number of nitrogens with zero attached hydrogens (tertiary/aromatic N) is 1. The molecule has 3 aromatic rings. The van der Waals surface area contributed by atoms with E-state index in [4.69, 9.17) is 16.1 Å². The van der Waals surface area contributed by atoms with E-state index in [-0.39, 0.29) is 10.8 Å². The van der Waals surface area contributed by atoms with Crippen LogP contribution in [0.2, 0.25) is 5.02 Å². The van der Waals surface area contributed by atoms with Crippen LogP contribution in [0.25, 0.3) is 11.3 Å². The fourth-order valence-corrected chi connectivity index (χ4v) is 3.34. The maximum atomic E-state index is 12.4. The van der Waals surface area contributed by atoms with Crippen molar-refractivity contribution in [3.8, 4) is 11.3 Å². The third-order valence-corrected chi connectivity index (χ3v) is 5.27. The van der Waals surface area contributed by atoms with Gasteiger partial charge < -0.3 is 4.52 Å². The highest BCUT2D eigenvalue weighted by atomic mass is 35.5. The van der Waals surface area contributed by atoms with Crippen LogP contribution >= 0.6 is 11.6 Å². The van der Waals surface area contributed by atoms with E-state index in [0.717, 1.165) is 16.7 Å². The van der Waals surface area contributed by atoms with Gasteiger partial charge in [0.05, 0.1) is 4.90 Å². The quantitative estimate of drug-likeness (QED) is 0.746. The zero-order chi connectivity index (χ0) is 17.3. The van der Waals surface area contributed by atoms with Gasteiger partial charge in [0, 0.05) is 16.7 Å². The van der Waals surface area contributed by atoms with Crippen LogP contribution in [0.1, 0.15) is 11.1 Å². The second-order valence-electron chi connectivity index (χ2n) is 5.43. The number of nitrogens with one attached hydrogen (secondary N) is 1. The second kappa shape index (κ2) is 6.30. The Morgan fingerprint density at radius 3 is 2.38 bits per heavy atom. The van der Waals surface area contributed by atoms with Crippen molar-refractivity contribution >= 4 is 27.5 Å². The van der Waals surface area contributed by atoms with Crippen LogP contribution in [-0.2, 0) is 10.0 Å². The summed E-state index contributed by atoms with van der Waals surface area (Å²) in [6, 6.07) is 13.5. The van der Waals surface area contributed by atoms with Gasteiger partial charge in [-0.15, -0.1) is 0 Å². The lowest BCUT2D eigenvalue weighted by Gasteiger charge is -2.07. The van der Waals surface area contributed by atoms with Crippen LogP contribution in [0.5, 0.6) is 0 Å². The molecule has 24 heavy (non-hydrogen) atoms. The molecular formula is C17H15ClN2O3S. The summed E-state index contributed by atoms with van der Waals surface area (Å²) in [5.41, 5.74) is 3.22. The summed E-state index contributed by atoms with van der Waals surface area (Å²) in [6.07, 6.45) is 0. The van der Waals surface area contributed by atoms with Crippen LogP contribution in [0.15, 0.2) is 57.9 Å². The molecule has 0 saturated carbocycles. The van der Waals surface area contributed by atoms with E-state index in [1.165, 1.54) is 6.07 Å². The molecule has 0 radical (unpaired) electrons. The summed E-state index contributed by atoms with van der Waals surface area (Å²) in [7, 11) is -3.73. The number of hydrogen-bond acceptors (Lipinski definition) is 4. The molecule has 7 heteroatoms. The van der Waals surface area contributed by atoms with Gasteiger partial charge in [0.15, 0.2) is 0 Å². The minimum Gasteiger partial charge on any atom is -0.337 e. The highest BCUT2D eigenvalue weighted by Gasteiger charge is 2.18. The van der Waals surface area contributed by atoms with Crippen molar-refractivity contribution < 1.29 is 12.9 Å². The molecular weight excluding hydrogens is 348 g/mol. The summed E-state index contributed by atoms with van der Waals surface area (Å²) in [5.74, 6) is 0.0539. The van der Waals surface area contributed by atoms with Gasteiger partial charge in [-0.1, -0.05) is 35.0 Å². The zero-order valence-electron chi connectivity index (χ0n) is 13.1. The normalized spacial score (nSPS) is 11.5. The Morgan fingerprint density at radius 2 is 1.71 bits per heavy atom. The maximum absolute atomic E-state index is 12.4. The monoisotopic (exact) mass is 362 g/mol. The fraction of sp³-hybridized carbons (Fsp3) is 0.118. The Balaban J connectivity index is 1.85. The predicted octanol–water partition coefficient (Wildman–Crippen LogP) is 4.41. The second-order valence-corrected chi connectivity index (χ2v) is 7.55. The average Bonchev–Trinajstić information content (AvgIpc) is 2.98. The Hall–Kier alpha value is -2.31. The molecule has 0 aliphatic rings. The standard InChI is InChI=1S/C17H15ClN2O3S/c1-11-3-8-15(9-12(11)2)24(21,22)20-17-10-16(19-23-17)13-4-6-14(18)7-5-13/h3-10,20H,1-2H3. The summed E-state index contributed by atoms with van der Waals surface area (Å²) in [4.78, 5) is 0.176. The molecule has 0 bridgehead atoms. The molecule has 0 saturated heterocycles. The molecule has 2 aromatic carbocycles. The third-order valence-electron chi connectivity index (χ3n) is 3.67. The molecule has 0 aliphatic carbocycles. The van der Waals surface area contributed by atoms with E-state index in [2.05, 4.69) is 9.88 Å². The molecule has 1 aromatic heterocycles. The third kappa shape index (κ3) is 3.44. The van der Waals surface area contributed by atoms with E-state index < -0.39 is 10.0 Å². The van der Waals surface area contributed by atoms with Crippen LogP contribution in [0.3, 0.4) is 0 Å². The number of rotatable bonds is 4. The minimum absolute atomic E-state index is 0.0539. The Bertz CT molecular complexity index is 979. The maximum Gasteiger partial charge on any atom is 0.264 e. The van der Waals surface area contributed by atoms with E-state index in [0.29, 0.717) is 10.7 Å². The number of sulfonamides is 1. The lowest BCUT2D eigenvalue weighted by molar-refractivity contribution is 0.438. The topological polar surface area (TPSA) is 72.2 Å². The molecule has 3 rings (SSSR count). The van der Waals surface area contributed by atoms with Crippen molar-refractivity contribution in [2.75, 3.05) is 4.72 Å². The molecule has 124 valence electrons. The van der Waals surface area contributed by atoms with Crippen molar-refractivity contribution in [1.82, 2.24) is 5.16 Å². The van der Waals surface area contributed by atoms with Crippen molar-refractivity contribution in [2.45, 2.75) is 18.7 Å². The van der Waals surface area contributed by atoms with E-state index in [1.807, 2.05) is 13.8 Å². The van der Waals surface area contributed by atoms with Gasteiger partial charge in [0.2, 0.25) is 5.88 Å². The zero-order valence-corrected chi connectivity index (χ0v) is 14.6. The van der Waals surface area contributed by atoms with E-state index in [1.54, 1.807) is 42.5 Å². The molecule has 0 spiro atoms. The first kappa shape index (κ1) is 16.5. The van der Waals surface area contributed by atoms with E-state index in [9.17, 15) is 8.42 Å². The first-order chi connectivity index (χ1) is 11.3. The predicted molar refractivity (Wildman–Crippen MR) is 93.7 cm³/mol. The molecule has 0 unspecified atom stereocenters. The SMILES string of the molecule is Cc1ccc(S(=O)(=O)Nc2cc(-c3ccc(Cl)cc3)no2)cc1C. The summed E-state index contributed by atoms with van der Waals surface area (Å²) >= 11 is 5.85. The van der Waals surface area contributed by atoms with Gasteiger partial charge in [-0.3, -0.25) is 0 Å². The lowest BCUT2D eigenvalue weighted by Crippen LogP contribution is -2.12. The molecule has 0 fully saturated rings. The number of aromatic nitrogens is 1. The van der Waals surface area contributed by atoms with E-state index >= 15 is 0 Å². The smallest absolute Gasteiger partial charge is 0.264 e. The average molecular weight is 363 g/mol. The largest absolute Gasteiger partial charge is 0.337 e. The number of hydrogen-bond donors (Lipinski definition) is 1. The minimum atomic E-state index is -3.73. The van der Waals surface area contributed by atoms with Crippen molar-refractivity contribution in [3.63, 3.8) is 0 Å². The highest BCUT2D eigenvalue weighted by Crippen LogP contribution is 2.25. The van der Waals surface area contributed by atoms with Gasteiger partial charge in [-0.05, 0) is 49.2 Å². The summed E-state index contributed by atoms with van der Waals surface area (Å²) in [5, 5.41) is 4.49. The Kier molecular flexibility index (Phi) is 4.34. The van der Waals surface area contributed by atoms with Crippen molar-refractivity contribution in [2.24, 2.45) is 0 Å².